The van der Waals surface area contributed by atoms with Gasteiger partial charge >= 0.3 is 20.4 Å². The molecular formula is C36H40F4N8O9S4. The molecule has 0 amide bonds. The number of benzene rings is 2. The molecule has 5 heterocycles. The monoisotopic (exact) mass is 932 g/mol. The lowest BCUT2D eigenvalue weighted by Crippen LogP contribution is -2.48. The maximum atomic E-state index is 13.9. The van der Waals surface area contributed by atoms with Crippen LogP contribution in [0, 0.1) is 23.3 Å². The second kappa shape index (κ2) is 20.2. The molecule has 3 aliphatic rings. The molecule has 0 unspecified atom stereocenters. The Bertz CT molecular complexity index is 2420. The lowest BCUT2D eigenvalue weighted by Gasteiger charge is -2.36. The number of hydrogen-bond acceptors (Lipinski definition) is 15. The molecule has 1 spiro atoms. The molecular weight excluding hydrogens is 893 g/mol. The summed E-state index contributed by atoms with van der Waals surface area (Å²) in [5, 5.41) is 0.274. The highest BCUT2D eigenvalue weighted by atomic mass is 32.2. The van der Waals surface area contributed by atoms with Crippen LogP contribution < -0.4 is 18.9 Å². The van der Waals surface area contributed by atoms with E-state index in [0.717, 1.165) is 40.0 Å². The van der Waals surface area contributed by atoms with Gasteiger partial charge in [0, 0.05) is 86.6 Å². The van der Waals surface area contributed by atoms with Gasteiger partial charge in [0.25, 0.3) is 0 Å². The molecule has 2 aromatic heterocycles. The Morgan fingerprint density at radius 2 is 1.11 bits per heavy atom. The van der Waals surface area contributed by atoms with E-state index in [1.165, 1.54) is 54.9 Å². The van der Waals surface area contributed by atoms with E-state index < -0.39 is 49.5 Å². The summed E-state index contributed by atoms with van der Waals surface area (Å²) >= 11 is 2.02. The summed E-state index contributed by atoms with van der Waals surface area (Å²) in [6.07, 6.45) is 1.19. The Kier molecular flexibility index (Phi) is 15.3. The molecule has 2 aromatic carbocycles. The minimum Gasteiger partial charge on any atom is -0.481 e. The SMILES string of the molecule is COc1cc(NS(=O)(=O)N2CCC(=O)CC2)nc(SCc2cccc(F)c2F)n1.COc1cc(NS(=O)(=O)N2CCC3(CC2)OCCO3)nc(SCc2cccc(F)c2F)n1. The van der Waals surface area contributed by atoms with Gasteiger partial charge in [0.1, 0.15) is 17.4 Å². The number of hydrogen-bond donors (Lipinski definition) is 2. The van der Waals surface area contributed by atoms with E-state index in [1.807, 2.05) is 0 Å². The average molecular weight is 933 g/mol. The predicted molar refractivity (Wildman–Crippen MR) is 215 cm³/mol. The molecule has 0 atom stereocenters. The fourth-order valence-electron chi connectivity index (χ4n) is 6.08. The third-order valence-electron chi connectivity index (χ3n) is 9.28. The molecule has 0 aliphatic carbocycles. The maximum absolute atomic E-state index is 13.9. The van der Waals surface area contributed by atoms with Crippen LogP contribution in [0.4, 0.5) is 29.2 Å². The third kappa shape index (κ3) is 12.2. The van der Waals surface area contributed by atoms with Crippen molar-refractivity contribution in [2.24, 2.45) is 0 Å². The number of anilines is 2. The Hall–Kier alpha value is -4.37. The topological polar surface area (TPSA) is 204 Å². The van der Waals surface area contributed by atoms with Crippen LogP contribution >= 0.6 is 23.5 Å². The minimum atomic E-state index is -3.91. The van der Waals surface area contributed by atoms with Gasteiger partial charge in [0.15, 0.2) is 39.4 Å². The fourth-order valence-corrected chi connectivity index (χ4v) is 10.0. The number of methoxy groups -OCH3 is 2. The molecule has 330 valence electrons. The van der Waals surface area contributed by atoms with Crippen molar-refractivity contribution in [1.29, 1.82) is 0 Å². The van der Waals surface area contributed by atoms with E-state index in [2.05, 4.69) is 29.4 Å². The number of nitrogens with one attached hydrogen (secondary N) is 2. The third-order valence-corrected chi connectivity index (χ3v) is 14.1. The molecule has 17 nitrogen and oxygen atoms in total. The van der Waals surface area contributed by atoms with Crippen LogP contribution in [0.3, 0.4) is 0 Å². The molecule has 25 heteroatoms. The van der Waals surface area contributed by atoms with E-state index >= 15 is 0 Å². The highest BCUT2D eigenvalue weighted by Gasteiger charge is 2.42. The molecule has 2 N–H and O–H groups in total. The maximum Gasteiger partial charge on any atom is 0.302 e. The molecule has 0 radical (unpaired) electrons. The van der Waals surface area contributed by atoms with Crippen molar-refractivity contribution < 1.29 is 58.1 Å². The number of piperidine rings is 2. The molecule has 61 heavy (non-hydrogen) atoms. The number of thioether (sulfide) groups is 2. The van der Waals surface area contributed by atoms with E-state index in [0.29, 0.717) is 26.1 Å². The van der Waals surface area contributed by atoms with Crippen LogP contribution in [0.5, 0.6) is 11.8 Å². The number of ketones is 1. The average Bonchev–Trinajstić information content (AvgIpc) is 3.69. The summed E-state index contributed by atoms with van der Waals surface area (Å²) in [4.78, 5) is 27.9. The van der Waals surface area contributed by atoms with Gasteiger partial charge in [0.05, 0.1) is 27.4 Å². The van der Waals surface area contributed by atoms with Gasteiger partial charge in [-0.25, -0.2) is 27.5 Å². The Morgan fingerprint density at radius 1 is 0.689 bits per heavy atom. The number of nitrogens with zero attached hydrogens (tertiary/aromatic N) is 6. The smallest absolute Gasteiger partial charge is 0.302 e. The second-order valence-corrected chi connectivity index (χ2v) is 18.5. The van der Waals surface area contributed by atoms with Gasteiger partial charge in [-0.2, -0.15) is 35.4 Å². The summed E-state index contributed by atoms with van der Waals surface area (Å²) in [6, 6.07) is 10.4. The highest BCUT2D eigenvalue weighted by Crippen LogP contribution is 2.33. The van der Waals surface area contributed by atoms with Crippen LogP contribution in [-0.2, 0) is 46.2 Å². The van der Waals surface area contributed by atoms with Crippen molar-refractivity contribution >= 4 is 61.4 Å². The zero-order chi connectivity index (χ0) is 43.8. The summed E-state index contributed by atoms with van der Waals surface area (Å²) < 4.78 is 134. The Balaban J connectivity index is 0.000000205. The van der Waals surface area contributed by atoms with Gasteiger partial charge < -0.3 is 18.9 Å². The lowest BCUT2D eigenvalue weighted by atomic mass is 10.1. The zero-order valence-electron chi connectivity index (χ0n) is 32.6. The summed E-state index contributed by atoms with van der Waals surface area (Å²) in [5.41, 5.74) is 0.267. The summed E-state index contributed by atoms with van der Waals surface area (Å²) in [7, 11) is -5.07. The Morgan fingerprint density at radius 3 is 1.54 bits per heavy atom. The van der Waals surface area contributed by atoms with Crippen molar-refractivity contribution in [3.8, 4) is 11.8 Å². The van der Waals surface area contributed by atoms with Crippen molar-refractivity contribution in [2.45, 2.75) is 53.3 Å². The van der Waals surface area contributed by atoms with Gasteiger partial charge in [-0.1, -0.05) is 47.8 Å². The van der Waals surface area contributed by atoms with E-state index in [1.54, 1.807) is 0 Å². The van der Waals surface area contributed by atoms with E-state index in [-0.39, 0.29) is 101 Å². The standard InChI is InChI=1S/C19H22F2N4O5S2.C17H18F2N4O4S2/c1-28-16-11-15(22-18(23-16)31-12-13-3-2-4-14(20)17(13)21)24-32(26,27)25-7-5-19(6-8-25)29-9-10-30-19;1-27-15-9-14(22-29(25,26)23-7-5-12(24)6-8-23)20-17(21-15)28-10-11-3-2-4-13(18)16(11)19/h2-4,11H,5-10,12H2,1H3,(H,22,23,24);2-4,9H,5-8,10H2,1H3,(H,20,21,22). The molecule has 4 aromatic rings. The predicted octanol–water partition coefficient (Wildman–Crippen LogP) is 4.93. The number of carbonyl (C=O) groups is 1. The summed E-state index contributed by atoms with van der Waals surface area (Å²) in [5.74, 6) is -4.17. The first kappa shape index (κ1) is 46.1. The lowest BCUT2D eigenvalue weighted by molar-refractivity contribution is -0.179. The van der Waals surface area contributed by atoms with Gasteiger partial charge in [-0.15, -0.1) is 0 Å². The fraction of sp³-hybridized carbons (Fsp3) is 0.417. The van der Waals surface area contributed by atoms with Crippen LogP contribution in [-0.4, -0.2) is 111 Å². The van der Waals surface area contributed by atoms with Crippen LogP contribution in [0.1, 0.15) is 36.8 Å². The Labute approximate surface area is 357 Å². The first-order chi connectivity index (χ1) is 29.1. The minimum absolute atomic E-state index is 0.00715. The first-order valence-electron chi connectivity index (χ1n) is 18.4. The normalized spacial score (nSPS) is 17.1. The molecule has 7 rings (SSSR count). The number of halogens is 4. The first-order valence-corrected chi connectivity index (χ1v) is 23.3. The largest absolute Gasteiger partial charge is 0.481 e. The van der Waals surface area contributed by atoms with Crippen molar-refractivity contribution in [1.82, 2.24) is 28.5 Å². The number of rotatable bonds is 14. The van der Waals surface area contributed by atoms with E-state index in [9.17, 15) is 39.2 Å². The zero-order valence-corrected chi connectivity index (χ0v) is 35.9. The quantitative estimate of drug-likeness (QED) is 0.0978. The molecule has 0 bridgehead atoms. The van der Waals surface area contributed by atoms with Gasteiger partial charge in [0.2, 0.25) is 11.8 Å². The molecule has 0 saturated carbocycles. The molecule has 3 saturated heterocycles. The van der Waals surface area contributed by atoms with Crippen LogP contribution in [0.15, 0.2) is 58.8 Å². The second-order valence-electron chi connectivity index (χ2n) is 13.3. The van der Waals surface area contributed by atoms with Gasteiger partial charge in [-0.3, -0.25) is 14.2 Å². The summed E-state index contributed by atoms with van der Waals surface area (Å²) in [6.45, 7) is 1.67. The number of ether oxygens (including phenoxy) is 4. The number of carbonyl (C=O) groups excluding carboxylic acids is 1. The number of aromatic nitrogens is 4. The van der Waals surface area contributed by atoms with E-state index in [4.69, 9.17) is 18.9 Å². The highest BCUT2D eigenvalue weighted by molar-refractivity contribution is 7.98. The molecule has 3 aliphatic heterocycles. The van der Waals surface area contributed by atoms with Gasteiger partial charge in [-0.05, 0) is 12.1 Å². The van der Waals surface area contributed by atoms with Crippen LogP contribution in [0.25, 0.3) is 0 Å². The number of Topliss-reactive ketones (excluding diaryl/α,β-unsaturated/α-hetero) is 1. The van der Waals surface area contributed by atoms with Crippen molar-refractivity contribution in [3.05, 3.63) is 82.9 Å². The molecule has 3 fully saturated rings. The van der Waals surface area contributed by atoms with Crippen LogP contribution in [0.2, 0.25) is 0 Å². The van der Waals surface area contributed by atoms with Crippen molar-refractivity contribution in [3.63, 3.8) is 0 Å². The van der Waals surface area contributed by atoms with Crippen molar-refractivity contribution in [2.75, 3.05) is 63.1 Å².